The van der Waals surface area contributed by atoms with Crippen LogP contribution in [0.15, 0.2) is 67.1 Å². The maximum atomic E-state index is 12.0. The summed E-state index contributed by atoms with van der Waals surface area (Å²) in [5.74, 6) is -0.00440. The molecule has 0 unspecified atom stereocenters. The number of hydrogen-bond acceptors (Lipinski definition) is 3. The number of pyridine rings is 1. The molecule has 0 atom stereocenters. The molecule has 110 valence electrons. The maximum Gasteiger partial charge on any atom is 0.187 e. The molecule has 0 radical (unpaired) electrons. The molecule has 0 aliphatic heterocycles. The number of aromatic nitrogens is 2. The summed E-state index contributed by atoms with van der Waals surface area (Å²) in [6.07, 6.45) is 7.27. The van der Waals surface area contributed by atoms with Gasteiger partial charge in [0.15, 0.2) is 5.78 Å². The Morgan fingerprint density at radius 2 is 1.91 bits per heavy atom. The van der Waals surface area contributed by atoms with E-state index in [2.05, 4.69) is 4.98 Å². The summed E-state index contributed by atoms with van der Waals surface area (Å²) >= 11 is 0. The monoisotopic (exact) mass is 291 g/mol. The van der Waals surface area contributed by atoms with Crippen molar-refractivity contribution in [2.24, 2.45) is 0 Å². The zero-order valence-electron chi connectivity index (χ0n) is 12.6. The van der Waals surface area contributed by atoms with Gasteiger partial charge >= 0.3 is 0 Å². The van der Waals surface area contributed by atoms with E-state index in [0.29, 0.717) is 5.56 Å². The molecule has 0 spiro atoms. The highest BCUT2D eigenvalue weighted by atomic mass is 16.1. The second-order valence-corrected chi connectivity index (χ2v) is 5.31. The van der Waals surface area contributed by atoms with Gasteiger partial charge in [-0.1, -0.05) is 30.3 Å². The largest absolute Gasteiger partial charge is 0.383 e. The second kappa shape index (κ2) is 5.85. The van der Waals surface area contributed by atoms with E-state index in [4.69, 9.17) is 0 Å². The number of imidazole rings is 1. The van der Waals surface area contributed by atoms with Crippen molar-refractivity contribution in [3.05, 3.63) is 72.7 Å². The predicted octanol–water partition coefficient (Wildman–Crippen LogP) is 3.26. The van der Waals surface area contributed by atoms with E-state index in [0.717, 1.165) is 16.9 Å². The number of fused-ring (bicyclic) bond motifs is 1. The Hall–Kier alpha value is -2.88. The summed E-state index contributed by atoms with van der Waals surface area (Å²) in [7, 11) is 3.77. The number of rotatable bonds is 4. The van der Waals surface area contributed by atoms with E-state index in [9.17, 15) is 4.79 Å². The minimum Gasteiger partial charge on any atom is -0.383 e. The van der Waals surface area contributed by atoms with Crippen molar-refractivity contribution < 1.29 is 4.79 Å². The Morgan fingerprint density at radius 1 is 1.14 bits per heavy atom. The molecule has 3 aromatic rings. The van der Waals surface area contributed by atoms with Crippen molar-refractivity contribution in [3.8, 4) is 11.3 Å². The number of allylic oxidation sites excluding steroid dienone is 1. The SMILES string of the molecule is CN(C)/C=C/C(=O)c1ccc(-c2cn3ccccc3n2)cc1. The van der Waals surface area contributed by atoms with Gasteiger partial charge in [0, 0.05) is 49.9 Å². The van der Waals surface area contributed by atoms with Gasteiger partial charge in [0.05, 0.1) is 5.69 Å². The number of benzene rings is 1. The number of ketones is 1. The van der Waals surface area contributed by atoms with Gasteiger partial charge in [-0.3, -0.25) is 4.79 Å². The Morgan fingerprint density at radius 3 is 2.59 bits per heavy atom. The fourth-order valence-corrected chi connectivity index (χ4v) is 2.19. The Bertz CT molecular complexity index is 796. The topological polar surface area (TPSA) is 37.6 Å². The van der Waals surface area contributed by atoms with Crippen LogP contribution in [0.2, 0.25) is 0 Å². The molecule has 22 heavy (non-hydrogen) atoms. The molecular weight excluding hydrogens is 274 g/mol. The molecule has 4 heteroatoms. The van der Waals surface area contributed by atoms with E-state index in [-0.39, 0.29) is 5.78 Å². The molecule has 0 amide bonds. The Kier molecular flexibility index (Phi) is 3.74. The van der Waals surface area contributed by atoms with E-state index < -0.39 is 0 Å². The minimum atomic E-state index is -0.00440. The predicted molar refractivity (Wildman–Crippen MR) is 87.8 cm³/mol. The molecule has 0 aliphatic carbocycles. The average molecular weight is 291 g/mol. The lowest BCUT2D eigenvalue weighted by molar-refractivity contribution is 0.104. The van der Waals surface area contributed by atoms with Crippen LogP contribution in [0.4, 0.5) is 0 Å². The van der Waals surface area contributed by atoms with Crippen molar-refractivity contribution in [1.29, 1.82) is 0 Å². The summed E-state index contributed by atoms with van der Waals surface area (Å²) in [5, 5.41) is 0. The Balaban J connectivity index is 1.86. The lowest BCUT2D eigenvalue weighted by Crippen LogP contribution is -2.03. The molecule has 0 N–H and O–H groups in total. The summed E-state index contributed by atoms with van der Waals surface area (Å²) in [6.45, 7) is 0. The van der Waals surface area contributed by atoms with Crippen LogP contribution >= 0.6 is 0 Å². The van der Waals surface area contributed by atoms with Crippen LogP contribution in [-0.4, -0.2) is 34.2 Å². The van der Waals surface area contributed by atoms with Crippen LogP contribution in [0.1, 0.15) is 10.4 Å². The van der Waals surface area contributed by atoms with Crippen LogP contribution in [0.25, 0.3) is 16.9 Å². The third kappa shape index (κ3) is 2.91. The highest BCUT2D eigenvalue weighted by molar-refractivity contribution is 6.04. The average Bonchev–Trinajstić information content (AvgIpc) is 2.96. The third-order valence-electron chi connectivity index (χ3n) is 3.35. The van der Waals surface area contributed by atoms with Gasteiger partial charge in [-0.2, -0.15) is 0 Å². The number of nitrogens with zero attached hydrogens (tertiary/aromatic N) is 3. The van der Waals surface area contributed by atoms with Crippen molar-refractivity contribution in [3.63, 3.8) is 0 Å². The van der Waals surface area contributed by atoms with Crippen molar-refractivity contribution in [2.75, 3.05) is 14.1 Å². The summed E-state index contributed by atoms with van der Waals surface area (Å²) in [5.41, 5.74) is 3.48. The quantitative estimate of drug-likeness (QED) is 0.547. The zero-order valence-corrected chi connectivity index (χ0v) is 12.6. The standard InChI is InChI=1S/C18H17N3O/c1-20(2)12-10-17(22)15-8-6-14(7-9-15)16-13-21-11-4-3-5-18(21)19-16/h3-13H,1-2H3/b12-10+. The van der Waals surface area contributed by atoms with Crippen LogP contribution in [0, 0.1) is 0 Å². The first kappa shape index (κ1) is 14.1. The van der Waals surface area contributed by atoms with E-state index >= 15 is 0 Å². The molecule has 4 nitrogen and oxygen atoms in total. The highest BCUT2D eigenvalue weighted by Gasteiger charge is 2.06. The summed E-state index contributed by atoms with van der Waals surface area (Å²) < 4.78 is 1.98. The molecule has 2 heterocycles. The van der Waals surface area contributed by atoms with Crippen LogP contribution in [0.3, 0.4) is 0 Å². The van der Waals surface area contributed by atoms with Gasteiger partial charge in [0.25, 0.3) is 0 Å². The first-order valence-electron chi connectivity index (χ1n) is 7.06. The summed E-state index contributed by atoms with van der Waals surface area (Å²) in [6, 6.07) is 13.4. The minimum absolute atomic E-state index is 0.00440. The van der Waals surface area contributed by atoms with Crippen molar-refractivity contribution >= 4 is 11.4 Å². The fourth-order valence-electron chi connectivity index (χ4n) is 2.19. The first-order chi connectivity index (χ1) is 10.6. The van der Waals surface area contributed by atoms with Crippen LogP contribution < -0.4 is 0 Å². The van der Waals surface area contributed by atoms with Gasteiger partial charge in [0.1, 0.15) is 5.65 Å². The smallest absolute Gasteiger partial charge is 0.187 e. The molecule has 2 aromatic heterocycles. The molecule has 0 aliphatic rings. The van der Waals surface area contributed by atoms with Crippen LogP contribution in [-0.2, 0) is 0 Å². The van der Waals surface area contributed by atoms with Crippen molar-refractivity contribution in [1.82, 2.24) is 14.3 Å². The molecular formula is C18H17N3O. The molecule has 0 fully saturated rings. The van der Waals surface area contributed by atoms with Gasteiger partial charge in [-0.25, -0.2) is 4.98 Å². The lowest BCUT2D eigenvalue weighted by atomic mass is 10.1. The number of hydrogen-bond donors (Lipinski definition) is 0. The third-order valence-corrected chi connectivity index (χ3v) is 3.35. The molecule has 3 rings (SSSR count). The maximum absolute atomic E-state index is 12.0. The van der Waals surface area contributed by atoms with Crippen molar-refractivity contribution in [2.45, 2.75) is 0 Å². The van der Waals surface area contributed by atoms with Gasteiger partial charge in [-0.15, -0.1) is 0 Å². The van der Waals surface area contributed by atoms with Gasteiger partial charge in [-0.05, 0) is 12.1 Å². The molecule has 0 saturated heterocycles. The molecule has 0 bridgehead atoms. The van der Waals surface area contributed by atoms with E-state index in [1.165, 1.54) is 0 Å². The van der Waals surface area contributed by atoms with Gasteiger partial charge < -0.3 is 9.30 Å². The normalized spacial score (nSPS) is 11.2. The highest BCUT2D eigenvalue weighted by Crippen LogP contribution is 2.20. The van der Waals surface area contributed by atoms with E-state index in [1.54, 1.807) is 12.3 Å². The first-order valence-corrected chi connectivity index (χ1v) is 7.06. The number of carbonyl (C=O) groups is 1. The molecule has 1 aromatic carbocycles. The molecule has 0 saturated carbocycles. The van der Waals surface area contributed by atoms with Gasteiger partial charge in [0.2, 0.25) is 0 Å². The Labute approximate surface area is 129 Å². The summed E-state index contributed by atoms with van der Waals surface area (Å²) in [4.78, 5) is 18.4. The lowest BCUT2D eigenvalue weighted by Gasteiger charge is -2.03. The van der Waals surface area contributed by atoms with Crippen LogP contribution in [0.5, 0.6) is 0 Å². The zero-order chi connectivity index (χ0) is 15.5. The number of carbonyl (C=O) groups excluding carboxylic acids is 1. The fraction of sp³-hybridized carbons (Fsp3) is 0.111. The second-order valence-electron chi connectivity index (χ2n) is 5.31. The van der Waals surface area contributed by atoms with E-state index in [1.807, 2.05) is 78.3 Å².